The number of nitrogens with one attached hydrogen (secondary N) is 1. The van der Waals surface area contributed by atoms with E-state index in [1.165, 1.54) is 24.7 Å². The number of nitrogens with zero attached hydrogens (tertiary/aromatic N) is 5. The lowest BCUT2D eigenvalue weighted by atomic mass is 9.96. The molecule has 0 radical (unpaired) electrons. The van der Waals surface area contributed by atoms with Gasteiger partial charge >= 0.3 is 13.7 Å². The summed E-state index contributed by atoms with van der Waals surface area (Å²) in [5.74, 6) is 0.639. The van der Waals surface area contributed by atoms with Gasteiger partial charge < -0.3 is 29.1 Å². The number of imidazole rings is 1. The molecule has 1 aliphatic heterocycles. The van der Waals surface area contributed by atoms with Crippen molar-refractivity contribution in [2.24, 2.45) is 0 Å². The summed E-state index contributed by atoms with van der Waals surface area (Å²) in [5.41, 5.74) is -0.927. The van der Waals surface area contributed by atoms with Crippen molar-refractivity contribution < 1.29 is 38.1 Å². The Morgan fingerprint density at radius 3 is 2.56 bits per heavy atom. The van der Waals surface area contributed by atoms with E-state index in [1.54, 1.807) is 56.0 Å². The Kier molecular flexibility index (Phi) is 9.02. The quantitative estimate of drug-likeness (QED) is 0.219. The van der Waals surface area contributed by atoms with Crippen LogP contribution < -0.4 is 14.5 Å². The highest BCUT2D eigenvalue weighted by Gasteiger charge is 2.54. The van der Waals surface area contributed by atoms with E-state index in [0.717, 1.165) is 0 Å². The number of rotatable bonds is 11. The number of aliphatic hydroxyl groups is 2. The number of aromatic nitrogens is 4. The van der Waals surface area contributed by atoms with Crippen molar-refractivity contribution in [2.75, 3.05) is 25.6 Å². The Balaban J connectivity index is 1.57. The molecule has 0 amide bonds. The highest BCUT2D eigenvalue weighted by atomic mass is 31.2. The Labute approximate surface area is 238 Å². The number of aryl methyl sites for hydroxylation is 1. The average molecular weight is 593 g/mol. The van der Waals surface area contributed by atoms with E-state index in [-0.39, 0.29) is 11.9 Å². The minimum absolute atomic E-state index is 0.224. The lowest BCUT2D eigenvalue weighted by molar-refractivity contribution is -0.149. The summed E-state index contributed by atoms with van der Waals surface area (Å²) in [6.07, 6.45) is -2.66. The van der Waals surface area contributed by atoms with Crippen LogP contribution in [0.3, 0.4) is 0 Å². The number of benzene rings is 1. The first-order valence-electron chi connectivity index (χ1n) is 13.1. The molecule has 1 unspecified atom stereocenters. The molecule has 224 valence electrons. The van der Waals surface area contributed by atoms with E-state index in [9.17, 15) is 19.6 Å². The molecule has 1 aliphatic rings. The van der Waals surface area contributed by atoms with Gasteiger partial charge in [0.1, 0.15) is 35.4 Å². The normalized spacial score (nSPS) is 24.8. The maximum atomic E-state index is 13.8. The van der Waals surface area contributed by atoms with Crippen molar-refractivity contribution in [3.8, 4) is 5.75 Å². The third-order valence-corrected chi connectivity index (χ3v) is 8.02. The Morgan fingerprint density at radius 1 is 1.24 bits per heavy atom. The van der Waals surface area contributed by atoms with Gasteiger partial charge in [0, 0.05) is 14.1 Å². The fourth-order valence-corrected chi connectivity index (χ4v) is 5.88. The van der Waals surface area contributed by atoms with Gasteiger partial charge in [0.05, 0.1) is 19.0 Å². The van der Waals surface area contributed by atoms with E-state index in [2.05, 4.69) is 20.0 Å². The number of ether oxygens (including phenoxy) is 2. The van der Waals surface area contributed by atoms with Crippen molar-refractivity contribution in [3.05, 3.63) is 42.5 Å². The highest BCUT2D eigenvalue weighted by molar-refractivity contribution is 7.52. The molecule has 0 saturated carbocycles. The summed E-state index contributed by atoms with van der Waals surface area (Å²) in [5, 5.41) is 25.0. The molecule has 0 bridgehead atoms. The standard InChI is InChI=1S/C26H37N6O8P/c1-15(2)38-24(34)16(3)30-41(36,40-18-11-9-8-10-12-18)37-13-19-21(33)26(5,35)25(39-19)32-14-27-20-22(31(6)7)28-17(4)29-23(20)32/h8-12,14-16,19,21,25,33,35H,13H2,1-7H3,(H,30,36)/t16-,19-,21-,25-,26-,41?/m1/s1. The molecule has 15 heteroatoms. The fraction of sp³-hybridized carbons (Fsp3) is 0.538. The maximum absolute atomic E-state index is 13.8. The SMILES string of the molecule is Cc1nc(N(C)C)c2ncn([C@@H]3O[C@H](COP(=O)(N[C@H](C)C(=O)OC(C)C)Oc4ccccc4)[C@@H](O)[C@@]3(C)O)c2n1. The van der Waals surface area contributed by atoms with Crippen molar-refractivity contribution in [3.63, 3.8) is 0 Å². The average Bonchev–Trinajstić information content (AvgIpc) is 3.40. The summed E-state index contributed by atoms with van der Waals surface area (Å²) in [4.78, 5) is 27.5. The summed E-state index contributed by atoms with van der Waals surface area (Å²) >= 11 is 0. The number of carbonyl (C=O) groups excluding carboxylic acids is 1. The summed E-state index contributed by atoms with van der Waals surface area (Å²) in [7, 11) is -0.575. The molecule has 41 heavy (non-hydrogen) atoms. The van der Waals surface area contributed by atoms with Crippen LogP contribution in [0.1, 0.15) is 39.7 Å². The highest BCUT2D eigenvalue weighted by Crippen LogP contribution is 2.47. The van der Waals surface area contributed by atoms with Gasteiger partial charge in [0.15, 0.2) is 23.2 Å². The Morgan fingerprint density at radius 2 is 1.93 bits per heavy atom. The van der Waals surface area contributed by atoms with Crippen LogP contribution in [0.5, 0.6) is 5.75 Å². The van der Waals surface area contributed by atoms with Crippen LogP contribution in [0.2, 0.25) is 0 Å². The second kappa shape index (κ2) is 12.0. The minimum atomic E-state index is -4.23. The van der Waals surface area contributed by atoms with Gasteiger partial charge in [0.25, 0.3) is 0 Å². The molecule has 1 fully saturated rings. The number of aliphatic hydroxyl groups excluding tert-OH is 1. The van der Waals surface area contributed by atoms with E-state index < -0.39 is 50.4 Å². The number of carbonyl (C=O) groups is 1. The molecule has 14 nitrogen and oxygen atoms in total. The van der Waals surface area contributed by atoms with E-state index in [1.807, 2.05) is 14.1 Å². The molecule has 3 heterocycles. The molecule has 6 atom stereocenters. The molecule has 3 N–H and O–H groups in total. The summed E-state index contributed by atoms with van der Waals surface area (Å²) in [6.45, 7) is 7.55. The molecular formula is C26H37N6O8P. The predicted molar refractivity (Wildman–Crippen MR) is 149 cm³/mol. The van der Waals surface area contributed by atoms with Crippen molar-refractivity contribution >= 4 is 30.7 Å². The molecule has 3 aromatic rings. The number of fused-ring (bicyclic) bond motifs is 1. The Hall–Kier alpha value is -3.13. The van der Waals surface area contributed by atoms with Gasteiger partial charge in [-0.1, -0.05) is 18.2 Å². The van der Waals surface area contributed by atoms with Crippen LogP contribution in [-0.2, 0) is 23.4 Å². The maximum Gasteiger partial charge on any atom is 0.459 e. The van der Waals surface area contributed by atoms with Crippen molar-refractivity contribution in [1.29, 1.82) is 0 Å². The van der Waals surface area contributed by atoms with E-state index >= 15 is 0 Å². The van der Waals surface area contributed by atoms with E-state index in [4.69, 9.17) is 18.5 Å². The lowest BCUT2D eigenvalue weighted by Crippen LogP contribution is -2.44. The van der Waals surface area contributed by atoms with Crippen LogP contribution in [-0.4, -0.2) is 86.4 Å². The zero-order valence-electron chi connectivity index (χ0n) is 24.1. The number of para-hydroxylation sites is 1. The third kappa shape index (κ3) is 6.69. The first-order valence-corrected chi connectivity index (χ1v) is 14.7. The van der Waals surface area contributed by atoms with Crippen LogP contribution in [0, 0.1) is 6.92 Å². The van der Waals surface area contributed by atoms with Gasteiger partial charge in [-0.05, 0) is 46.8 Å². The van der Waals surface area contributed by atoms with Crippen LogP contribution in [0.15, 0.2) is 36.7 Å². The molecular weight excluding hydrogens is 555 g/mol. The number of hydrogen-bond acceptors (Lipinski definition) is 12. The smallest absolute Gasteiger partial charge is 0.459 e. The second-order valence-corrected chi connectivity index (χ2v) is 12.2. The molecule has 0 spiro atoms. The summed E-state index contributed by atoms with van der Waals surface area (Å²) < 4.78 is 38.0. The van der Waals surface area contributed by atoms with E-state index in [0.29, 0.717) is 22.8 Å². The van der Waals surface area contributed by atoms with Gasteiger partial charge in [-0.3, -0.25) is 13.9 Å². The van der Waals surface area contributed by atoms with Crippen molar-refractivity contribution in [1.82, 2.24) is 24.6 Å². The van der Waals surface area contributed by atoms with Gasteiger partial charge in [-0.2, -0.15) is 5.09 Å². The zero-order chi connectivity index (χ0) is 30.1. The first kappa shape index (κ1) is 30.8. The van der Waals surface area contributed by atoms with Crippen LogP contribution >= 0.6 is 7.75 Å². The third-order valence-electron chi connectivity index (χ3n) is 6.38. The molecule has 4 rings (SSSR count). The zero-order valence-corrected chi connectivity index (χ0v) is 25.0. The van der Waals surface area contributed by atoms with Gasteiger partial charge in [0.2, 0.25) is 0 Å². The second-order valence-electron chi connectivity index (χ2n) is 10.5. The molecule has 2 aromatic heterocycles. The lowest BCUT2D eigenvalue weighted by Gasteiger charge is -2.27. The molecule has 1 aromatic carbocycles. The number of esters is 1. The topological polar surface area (TPSA) is 170 Å². The van der Waals surface area contributed by atoms with Crippen LogP contribution in [0.4, 0.5) is 5.82 Å². The van der Waals surface area contributed by atoms with Crippen LogP contribution in [0.25, 0.3) is 11.2 Å². The molecule has 0 aliphatic carbocycles. The number of hydrogen-bond donors (Lipinski definition) is 3. The monoisotopic (exact) mass is 592 g/mol. The number of anilines is 1. The fourth-order valence-electron chi connectivity index (χ4n) is 4.37. The summed E-state index contributed by atoms with van der Waals surface area (Å²) in [6, 6.07) is 7.23. The molecule has 1 saturated heterocycles. The van der Waals surface area contributed by atoms with Gasteiger partial charge in [-0.25, -0.2) is 19.5 Å². The Bertz CT molecular complexity index is 1420. The largest absolute Gasteiger partial charge is 0.462 e. The minimum Gasteiger partial charge on any atom is -0.462 e. The van der Waals surface area contributed by atoms with Gasteiger partial charge in [-0.15, -0.1) is 0 Å². The predicted octanol–water partition coefficient (Wildman–Crippen LogP) is 2.34. The first-order chi connectivity index (χ1) is 19.2. The van der Waals surface area contributed by atoms with Crippen molar-refractivity contribution in [2.45, 2.75) is 70.8 Å².